The highest BCUT2D eigenvalue weighted by atomic mass is 16.6. The fraction of sp³-hybridized carbons (Fsp3) is 0.500. The van der Waals surface area contributed by atoms with Crippen molar-refractivity contribution in [3.8, 4) is 0 Å². The summed E-state index contributed by atoms with van der Waals surface area (Å²) in [7, 11) is 2.01. The molecule has 3 rings (SSSR count). The fourth-order valence-corrected chi connectivity index (χ4v) is 3.35. The smallest absolute Gasteiger partial charge is 0.355 e. The molecule has 1 atom stereocenters. The monoisotopic (exact) mass is 429 g/mol. The van der Waals surface area contributed by atoms with Gasteiger partial charge in [0.25, 0.3) is 0 Å². The van der Waals surface area contributed by atoms with Crippen molar-refractivity contribution < 1.29 is 19.1 Å². The van der Waals surface area contributed by atoms with Crippen molar-refractivity contribution in [1.29, 1.82) is 0 Å². The number of esters is 1. The van der Waals surface area contributed by atoms with E-state index in [2.05, 4.69) is 15.2 Å². The predicted molar refractivity (Wildman–Crippen MR) is 119 cm³/mol. The lowest BCUT2D eigenvalue weighted by molar-refractivity contribution is -0.134. The first kappa shape index (κ1) is 22.8. The number of fused-ring (bicyclic) bond motifs is 1. The van der Waals surface area contributed by atoms with Gasteiger partial charge in [0.05, 0.1) is 12.5 Å². The number of hydrogen-bond donors (Lipinski definition) is 3. The van der Waals surface area contributed by atoms with E-state index in [9.17, 15) is 14.4 Å². The molecule has 31 heavy (non-hydrogen) atoms. The molecule has 1 unspecified atom stereocenters. The number of aromatic nitrogens is 1. The zero-order valence-electron chi connectivity index (χ0n) is 18.5. The summed E-state index contributed by atoms with van der Waals surface area (Å²) in [6, 6.07) is 5.96. The van der Waals surface area contributed by atoms with Crippen molar-refractivity contribution in [2.45, 2.75) is 38.8 Å². The quantitative estimate of drug-likeness (QED) is 0.620. The van der Waals surface area contributed by atoms with Crippen LogP contribution in [0.4, 0.5) is 5.69 Å². The van der Waals surface area contributed by atoms with Gasteiger partial charge in [-0.2, -0.15) is 0 Å². The Kier molecular flexibility index (Phi) is 6.66. The Morgan fingerprint density at radius 1 is 1.16 bits per heavy atom. The van der Waals surface area contributed by atoms with E-state index in [1.54, 1.807) is 49.9 Å². The maximum absolute atomic E-state index is 12.5. The normalized spacial score (nSPS) is 16.2. The first-order chi connectivity index (χ1) is 14.5. The van der Waals surface area contributed by atoms with Gasteiger partial charge in [-0.25, -0.2) is 4.79 Å². The number of nitrogens with zero attached hydrogens (tertiary/aromatic N) is 2. The molecule has 0 saturated carbocycles. The number of nitrogens with one attached hydrogen (secondary N) is 2. The SMILES string of the molecule is CN1CCN(C(=O)CC(N)C(=O)Nc2ccc3[nH]c(C(=O)OC(C)(C)C)cc3c2)CC1. The van der Waals surface area contributed by atoms with Gasteiger partial charge in [-0.15, -0.1) is 0 Å². The summed E-state index contributed by atoms with van der Waals surface area (Å²) >= 11 is 0. The van der Waals surface area contributed by atoms with E-state index in [0.717, 1.165) is 24.0 Å². The highest BCUT2D eigenvalue weighted by Crippen LogP contribution is 2.22. The van der Waals surface area contributed by atoms with Gasteiger partial charge in [-0.1, -0.05) is 0 Å². The van der Waals surface area contributed by atoms with E-state index in [-0.39, 0.29) is 12.3 Å². The van der Waals surface area contributed by atoms with Gasteiger partial charge in [-0.3, -0.25) is 9.59 Å². The molecule has 9 heteroatoms. The molecule has 0 radical (unpaired) electrons. The highest BCUT2D eigenvalue weighted by Gasteiger charge is 2.24. The molecule has 168 valence electrons. The first-order valence-electron chi connectivity index (χ1n) is 10.4. The predicted octanol–water partition coefficient (Wildman–Crippen LogP) is 1.55. The maximum atomic E-state index is 12.5. The van der Waals surface area contributed by atoms with Gasteiger partial charge in [0.1, 0.15) is 11.3 Å². The summed E-state index contributed by atoms with van der Waals surface area (Å²) in [5, 5.41) is 3.50. The molecular weight excluding hydrogens is 398 g/mol. The van der Waals surface area contributed by atoms with E-state index in [4.69, 9.17) is 10.5 Å². The van der Waals surface area contributed by atoms with E-state index < -0.39 is 23.5 Å². The third-order valence-corrected chi connectivity index (χ3v) is 5.09. The van der Waals surface area contributed by atoms with Crippen LogP contribution < -0.4 is 11.1 Å². The van der Waals surface area contributed by atoms with Crippen molar-refractivity contribution in [3.05, 3.63) is 30.0 Å². The molecular formula is C22H31N5O4. The number of carbonyl (C=O) groups is 3. The lowest BCUT2D eigenvalue weighted by atomic mass is 10.1. The Morgan fingerprint density at radius 3 is 2.48 bits per heavy atom. The molecule has 1 aromatic carbocycles. The average molecular weight is 430 g/mol. The number of rotatable bonds is 5. The number of benzene rings is 1. The van der Waals surface area contributed by atoms with Gasteiger partial charge < -0.3 is 30.6 Å². The minimum atomic E-state index is -0.939. The molecule has 2 heterocycles. The number of H-pyrrole nitrogens is 1. The Morgan fingerprint density at radius 2 is 1.84 bits per heavy atom. The van der Waals surface area contributed by atoms with Gasteiger partial charge in [0.2, 0.25) is 11.8 Å². The van der Waals surface area contributed by atoms with Gasteiger partial charge in [0.15, 0.2) is 0 Å². The van der Waals surface area contributed by atoms with Crippen LogP contribution >= 0.6 is 0 Å². The number of amides is 2. The summed E-state index contributed by atoms with van der Waals surface area (Å²) in [5.74, 6) is -0.984. The van der Waals surface area contributed by atoms with Crippen LogP contribution in [0.5, 0.6) is 0 Å². The summed E-state index contributed by atoms with van der Waals surface area (Å²) in [4.78, 5) is 44.1. The summed E-state index contributed by atoms with van der Waals surface area (Å²) < 4.78 is 5.38. The van der Waals surface area contributed by atoms with Gasteiger partial charge in [-0.05, 0) is 52.1 Å². The lowest BCUT2D eigenvalue weighted by Crippen LogP contribution is -2.49. The number of likely N-dealkylation sites (N-methyl/N-ethyl adjacent to an activating group) is 1. The molecule has 9 nitrogen and oxygen atoms in total. The second-order valence-electron chi connectivity index (χ2n) is 8.97. The molecule has 1 fully saturated rings. The Labute approximate surface area is 181 Å². The second-order valence-corrected chi connectivity index (χ2v) is 8.97. The van der Waals surface area contributed by atoms with E-state index >= 15 is 0 Å². The largest absolute Gasteiger partial charge is 0.455 e. The van der Waals surface area contributed by atoms with Crippen molar-refractivity contribution in [2.24, 2.45) is 5.73 Å². The zero-order chi connectivity index (χ0) is 22.8. The van der Waals surface area contributed by atoms with E-state index in [1.165, 1.54) is 0 Å². The van der Waals surface area contributed by atoms with Crippen LogP contribution in [0, 0.1) is 0 Å². The van der Waals surface area contributed by atoms with Crippen LogP contribution in [0.3, 0.4) is 0 Å². The Bertz CT molecular complexity index is 970. The summed E-state index contributed by atoms with van der Waals surface area (Å²) in [5.41, 5.74) is 7.00. The molecule has 4 N–H and O–H groups in total. The molecule has 1 aliphatic heterocycles. The summed E-state index contributed by atoms with van der Waals surface area (Å²) in [6.07, 6.45) is -0.0370. The molecule has 0 spiro atoms. The van der Waals surface area contributed by atoms with E-state index in [1.807, 2.05) is 7.05 Å². The van der Waals surface area contributed by atoms with Crippen molar-refractivity contribution in [2.75, 3.05) is 38.5 Å². The third-order valence-electron chi connectivity index (χ3n) is 5.09. The molecule has 0 aliphatic carbocycles. The number of hydrogen-bond acceptors (Lipinski definition) is 6. The first-order valence-corrected chi connectivity index (χ1v) is 10.4. The third kappa shape index (κ3) is 6.05. The van der Waals surface area contributed by atoms with Crippen LogP contribution in [0.1, 0.15) is 37.7 Å². The van der Waals surface area contributed by atoms with Crippen LogP contribution in [-0.2, 0) is 14.3 Å². The van der Waals surface area contributed by atoms with Crippen LogP contribution in [-0.4, -0.2) is 77.4 Å². The minimum Gasteiger partial charge on any atom is -0.455 e. The fourth-order valence-electron chi connectivity index (χ4n) is 3.35. The van der Waals surface area contributed by atoms with Crippen molar-refractivity contribution in [1.82, 2.24) is 14.8 Å². The van der Waals surface area contributed by atoms with Gasteiger partial charge in [0, 0.05) is 42.8 Å². The molecule has 2 amide bonds. The number of carbonyl (C=O) groups excluding carboxylic acids is 3. The number of aromatic amines is 1. The summed E-state index contributed by atoms with van der Waals surface area (Å²) in [6.45, 7) is 8.34. The molecule has 1 aliphatic rings. The zero-order valence-corrected chi connectivity index (χ0v) is 18.5. The van der Waals surface area contributed by atoms with Crippen molar-refractivity contribution in [3.63, 3.8) is 0 Å². The van der Waals surface area contributed by atoms with Crippen LogP contribution in [0.25, 0.3) is 10.9 Å². The average Bonchev–Trinajstić information content (AvgIpc) is 3.10. The van der Waals surface area contributed by atoms with Crippen LogP contribution in [0.2, 0.25) is 0 Å². The molecule has 0 bridgehead atoms. The number of anilines is 1. The number of ether oxygens (including phenoxy) is 1. The number of piperazine rings is 1. The highest BCUT2D eigenvalue weighted by molar-refractivity contribution is 6.00. The number of nitrogens with two attached hydrogens (primary N) is 1. The molecule has 1 saturated heterocycles. The topological polar surface area (TPSA) is 121 Å². The maximum Gasteiger partial charge on any atom is 0.355 e. The van der Waals surface area contributed by atoms with Crippen molar-refractivity contribution >= 4 is 34.4 Å². The Hall–Kier alpha value is -2.91. The molecule has 2 aromatic rings. The lowest BCUT2D eigenvalue weighted by Gasteiger charge is -2.32. The van der Waals surface area contributed by atoms with Crippen LogP contribution in [0.15, 0.2) is 24.3 Å². The van der Waals surface area contributed by atoms with E-state index in [0.29, 0.717) is 24.5 Å². The minimum absolute atomic E-state index is 0.0370. The van der Waals surface area contributed by atoms with Gasteiger partial charge >= 0.3 is 5.97 Å². The standard InChI is InChI=1S/C22H31N5O4/c1-22(2,3)31-21(30)18-12-14-11-15(5-6-17(14)25-18)24-20(29)16(23)13-19(28)27-9-7-26(4)8-10-27/h5-6,11-12,16,25H,7-10,13,23H2,1-4H3,(H,24,29). The Balaban J connectivity index is 1.60. The molecule has 1 aromatic heterocycles. The second kappa shape index (κ2) is 9.07.